The molecule has 1 saturated heterocycles. The molecular formula is C9H16ClN2O. The predicted molar refractivity (Wildman–Crippen MR) is 53.0 cm³/mol. The summed E-state index contributed by atoms with van der Waals surface area (Å²) >= 11 is 5.77. The Morgan fingerprint density at radius 2 is 2.15 bits per heavy atom. The monoisotopic (exact) mass is 203 g/mol. The number of halogens is 1. The van der Waals surface area contributed by atoms with Gasteiger partial charge >= 0.3 is 0 Å². The van der Waals surface area contributed by atoms with Gasteiger partial charge in [0.2, 0.25) is 5.91 Å². The average molecular weight is 204 g/mol. The third-order valence-electron chi connectivity index (χ3n) is 2.16. The van der Waals surface area contributed by atoms with Crippen molar-refractivity contribution in [2.24, 2.45) is 0 Å². The molecule has 0 N–H and O–H groups in total. The lowest BCUT2D eigenvalue weighted by Crippen LogP contribution is -2.43. The third-order valence-corrected chi connectivity index (χ3v) is 2.38. The number of hydrogen-bond acceptors (Lipinski definition) is 1. The van der Waals surface area contributed by atoms with E-state index in [4.69, 9.17) is 11.6 Å². The number of rotatable bonds is 3. The molecule has 1 amide bonds. The van der Waals surface area contributed by atoms with E-state index in [0.29, 0.717) is 6.42 Å². The van der Waals surface area contributed by atoms with Gasteiger partial charge in [-0.25, -0.2) is 5.32 Å². The van der Waals surface area contributed by atoms with Crippen molar-refractivity contribution in [3.8, 4) is 0 Å². The van der Waals surface area contributed by atoms with Crippen molar-refractivity contribution in [1.29, 1.82) is 0 Å². The van der Waals surface area contributed by atoms with Crippen LogP contribution < -0.4 is 5.32 Å². The van der Waals surface area contributed by atoms with Gasteiger partial charge in [0.1, 0.15) is 0 Å². The molecule has 1 fully saturated rings. The van der Waals surface area contributed by atoms with Crippen molar-refractivity contribution in [3.05, 3.63) is 0 Å². The van der Waals surface area contributed by atoms with Crippen LogP contribution in [0.2, 0.25) is 0 Å². The molecule has 0 saturated carbocycles. The number of alkyl halides is 1. The van der Waals surface area contributed by atoms with E-state index in [0.717, 1.165) is 32.6 Å². The normalized spacial score (nSPS) is 20.0. The molecule has 1 unspecified atom stereocenters. The quantitative estimate of drug-likeness (QED) is 0.626. The van der Waals surface area contributed by atoms with Crippen molar-refractivity contribution in [2.75, 3.05) is 26.2 Å². The highest BCUT2D eigenvalue weighted by atomic mass is 35.5. The Morgan fingerprint density at radius 1 is 1.54 bits per heavy atom. The number of piperazine rings is 1. The molecule has 0 aromatic heterocycles. The number of amides is 1. The first-order valence-electron chi connectivity index (χ1n) is 4.75. The third kappa shape index (κ3) is 3.96. The molecule has 1 heterocycles. The minimum atomic E-state index is 0.0958. The number of nitrogens with zero attached hydrogens (tertiary/aromatic N) is 2. The largest absolute Gasteiger partial charge is 0.340 e. The molecule has 0 aromatic rings. The lowest BCUT2D eigenvalue weighted by atomic mass is 10.2. The van der Waals surface area contributed by atoms with Crippen LogP contribution >= 0.6 is 11.6 Å². The zero-order chi connectivity index (χ0) is 9.68. The lowest BCUT2D eigenvalue weighted by molar-refractivity contribution is -0.131. The van der Waals surface area contributed by atoms with Crippen LogP contribution in [0.5, 0.6) is 0 Å². The molecule has 1 atom stereocenters. The smallest absolute Gasteiger partial charge is 0.222 e. The second-order valence-electron chi connectivity index (χ2n) is 3.37. The Morgan fingerprint density at radius 3 is 2.69 bits per heavy atom. The molecule has 0 spiro atoms. The van der Waals surface area contributed by atoms with Gasteiger partial charge in [-0.15, -0.1) is 11.6 Å². The molecule has 1 aliphatic heterocycles. The van der Waals surface area contributed by atoms with Crippen molar-refractivity contribution in [3.63, 3.8) is 0 Å². The maximum absolute atomic E-state index is 11.5. The maximum Gasteiger partial charge on any atom is 0.222 e. The molecule has 0 aromatic carbocycles. The minimum absolute atomic E-state index is 0.0958. The van der Waals surface area contributed by atoms with E-state index in [9.17, 15) is 4.79 Å². The van der Waals surface area contributed by atoms with Crippen LogP contribution in [-0.4, -0.2) is 42.4 Å². The van der Waals surface area contributed by atoms with Crippen LogP contribution in [0, 0.1) is 0 Å². The highest BCUT2D eigenvalue weighted by Gasteiger charge is 2.16. The Bertz CT molecular complexity index is 167. The summed E-state index contributed by atoms with van der Waals surface area (Å²) in [5.41, 5.74) is 0. The summed E-state index contributed by atoms with van der Waals surface area (Å²) < 4.78 is 0. The molecule has 0 aliphatic carbocycles. The average Bonchev–Trinajstić information content (AvgIpc) is 2.15. The van der Waals surface area contributed by atoms with Gasteiger partial charge < -0.3 is 4.90 Å². The van der Waals surface area contributed by atoms with E-state index >= 15 is 0 Å². The van der Waals surface area contributed by atoms with Crippen molar-refractivity contribution in [2.45, 2.75) is 25.1 Å². The zero-order valence-corrected chi connectivity index (χ0v) is 8.76. The lowest BCUT2D eigenvalue weighted by Gasteiger charge is -2.26. The van der Waals surface area contributed by atoms with Gasteiger partial charge in [-0.1, -0.05) is 0 Å². The van der Waals surface area contributed by atoms with E-state index in [1.54, 1.807) is 0 Å². The summed E-state index contributed by atoms with van der Waals surface area (Å²) in [6, 6.07) is 0. The summed E-state index contributed by atoms with van der Waals surface area (Å²) in [4.78, 5) is 13.4. The SMILES string of the molecule is CC(Cl)CCC(=O)N1CC[N]CC1. The van der Waals surface area contributed by atoms with E-state index < -0.39 is 0 Å². The topological polar surface area (TPSA) is 34.4 Å². The molecular weight excluding hydrogens is 188 g/mol. The van der Waals surface area contributed by atoms with E-state index in [1.165, 1.54) is 0 Å². The van der Waals surface area contributed by atoms with Gasteiger partial charge in [0.25, 0.3) is 0 Å². The fourth-order valence-corrected chi connectivity index (χ4v) is 1.45. The van der Waals surface area contributed by atoms with Crippen molar-refractivity contribution >= 4 is 17.5 Å². The Balaban J connectivity index is 2.21. The zero-order valence-electron chi connectivity index (χ0n) is 8.00. The maximum atomic E-state index is 11.5. The molecule has 13 heavy (non-hydrogen) atoms. The molecule has 75 valence electrons. The van der Waals surface area contributed by atoms with Gasteiger partial charge in [0, 0.05) is 38.0 Å². The second kappa shape index (κ2) is 5.45. The number of carbonyl (C=O) groups excluding carboxylic acids is 1. The van der Waals surface area contributed by atoms with Gasteiger partial charge in [-0.3, -0.25) is 4.79 Å². The molecule has 1 rings (SSSR count). The molecule has 4 heteroatoms. The summed E-state index contributed by atoms with van der Waals surface area (Å²) in [7, 11) is 0. The van der Waals surface area contributed by atoms with Crippen molar-refractivity contribution in [1.82, 2.24) is 10.2 Å². The predicted octanol–water partition coefficient (Wildman–Crippen LogP) is 0.841. The van der Waals surface area contributed by atoms with Crippen LogP contribution in [0.3, 0.4) is 0 Å². The number of carbonyl (C=O) groups is 1. The minimum Gasteiger partial charge on any atom is -0.340 e. The molecule has 0 bridgehead atoms. The highest BCUT2D eigenvalue weighted by Crippen LogP contribution is 2.06. The van der Waals surface area contributed by atoms with Crippen LogP contribution in [0.25, 0.3) is 0 Å². The van der Waals surface area contributed by atoms with Gasteiger partial charge in [-0.2, -0.15) is 0 Å². The van der Waals surface area contributed by atoms with Crippen LogP contribution in [-0.2, 0) is 4.79 Å². The molecule has 1 radical (unpaired) electrons. The second-order valence-corrected chi connectivity index (χ2v) is 4.12. The Labute approximate surface area is 84.4 Å². The highest BCUT2D eigenvalue weighted by molar-refractivity contribution is 6.20. The first kappa shape index (κ1) is 10.8. The van der Waals surface area contributed by atoms with Gasteiger partial charge in [-0.05, 0) is 13.3 Å². The van der Waals surface area contributed by atoms with Crippen LogP contribution in [0.4, 0.5) is 0 Å². The van der Waals surface area contributed by atoms with Crippen LogP contribution in [0.15, 0.2) is 0 Å². The summed E-state index contributed by atoms with van der Waals surface area (Å²) in [6.45, 7) is 5.08. The van der Waals surface area contributed by atoms with E-state index in [-0.39, 0.29) is 11.3 Å². The van der Waals surface area contributed by atoms with Gasteiger partial charge in [0.05, 0.1) is 0 Å². The fourth-order valence-electron chi connectivity index (χ4n) is 1.34. The first-order chi connectivity index (χ1) is 6.20. The van der Waals surface area contributed by atoms with E-state index in [2.05, 4.69) is 5.32 Å². The van der Waals surface area contributed by atoms with Gasteiger partial charge in [0.15, 0.2) is 0 Å². The summed E-state index contributed by atoms with van der Waals surface area (Å²) in [5, 5.41) is 4.28. The van der Waals surface area contributed by atoms with Crippen LogP contribution in [0.1, 0.15) is 19.8 Å². The summed E-state index contributed by atoms with van der Waals surface area (Å²) in [6.07, 6.45) is 1.35. The van der Waals surface area contributed by atoms with E-state index in [1.807, 2.05) is 11.8 Å². The fraction of sp³-hybridized carbons (Fsp3) is 0.889. The standard InChI is InChI=1S/C9H16ClN2O/c1-8(10)2-3-9(13)12-6-4-11-5-7-12/h8H,2-7H2,1H3. The first-order valence-corrected chi connectivity index (χ1v) is 5.19. The Kier molecular flexibility index (Phi) is 4.53. The van der Waals surface area contributed by atoms with Crippen molar-refractivity contribution < 1.29 is 4.79 Å². The Hall–Kier alpha value is -0.280. The molecule has 1 aliphatic rings. The number of hydrogen-bond donors (Lipinski definition) is 0. The molecule has 3 nitrogen and oxygen atoms in total. The summed E-state index contributed by atoms with van der Waals surface area (Å²) in [5.74, 6) is 0.224.